The first-order valence-electron chi connectivity index (χ1n) is 7.69. The smallest absolute Gasteiger partial charge is 0.241 e. The number of likely N-dealkylation sites (N-methyl/N-ethyl adjacent to an activating group) is 1. The molecule has 0 saturated heterocycles. The molecular weight excluding hydrogens is 272 g/mol. The van der Waals surface area contributed by atoms with Crippen LogP contribution in [0.25, 0.3) is 0 Å². The van der Waals surface area contributed by atoms with Crippen LogP contribution in [0, 0.1) is 0 Å². The summed E-state index contributed by atoms with van der Waals surface area (Å²) in [5, 5.41) is 3.28. The van der Waals surface area contributed by atoms with Crippen molar-refractivity contribution in [2.45, 2.75) is 26.3 Å². The van der Waals surface area contributed by atoms with Crippen LogP contribution in [0.15, 0.2) is 54.6 Å². The first-order valence-corrected chi connectivity index (χ1v) is 7.69. The number of nitrogens with one attached hydrogen (secondary N) is 1. The van der Waals surface area contributed by atoms with Crippen molar-refractivity contribution in [1.29, 1.82) is 0 Å². The van der Waals surface area contributed by atoms with Gasteiger partial charge < -0.3 is 10.2 Å². The van der Waals surface area contributed by atoms with E-state index in [1.54, 1.807) is 4.90 Å². The van der Waals surface area contributed by atoms with Crippen LogP contribution < -0.4 is 5.32 Å². The summed E-state index contributed by atoms with van der Waals surface area (Å²) in [5.41, 5.74) is 3.49. The molecule has 0 heterocycles. The molecule has 0 spiro atoms. The number of benzene rings is 2. The van der Waals surface area contributed by atoms with Gasteiger partial charge in [-0.3, -0.25) is 4.79 Å². The fourth-order valence-electron chi connectivity index (χ4n) is 2.25. The van der Waals surface area contributed by atoms with Gasteiger partial charge in [-0.15, -0.1) is 0 Å². The summed E-state index contributed by atoms with van der Waals surface area (Å²) in [4.78, 5) is 13.8. The van der Waals surface area contributed by atoms with Crippen molar-refractivity contribution < 1.29 is 4.79 Å². The third-order valence-electron chi connectivity index (χ3n) is 3.85. The summed E-state index contributed by atoms with van der Waals surface area (Å²) in [6.45, 7) is 4.35. The Morgan fingerprint density at radius 3 is 2.36 bits per heavy atom. The van der Waals surface area contributed by atoms with Gasteiger partial charge >= 0.3 is 0 Å². The van der Waals surface area contributed by atoms with Gasteiger partial charge in [-0.25, -0.2) is 0 Å². The third-order valence-corrected chi connectivity index (χ3v) is 3.85. The van der Waals surface area contributed by atoms with Gasteiger partial charge in [-0.05, 0) is 37.5 Å². The van der Waals surface area contributed by atoms with Gasteiger partial charge in [0.2, 0.25) is 5.91 Å². The predicted molar refractivity (Wildman–Crippen MR) is 92.1 cm³/mol. The largest absolute Gasteiger partial charge is 0.376 e. The van der Waals surface area contributed by atoms with Crippen LogP contribution in [-0.4, -0.2) is 30.4 Å². The molecule has 0 radical (unpaired) electrons. The molecule has 0 atom stereocenters. The SMILES string of the molecule is CC(C)N(C)C(=O)CNc1ccccc1Cc1ccccc1. The lowest BCUT2D eigenvalue weighted by atomic mass is 10.0. The highest BCUT2D eigenvalue weighted by atomic mass is 16.2. The zero-order valence-electron chi connectivity index (χ0n) is 13.5. The number of amides is 1. The highest BCUT2D eigenvalue weighted by molar-refractivity contribution is 5.81. The summed E-state index contributed by atoms with van der Waals surface area (Å²) in [7, 11) is 1.84. The molecule has 0 aromatic heterocycles. The topological polar surface area (TPSA) is 32.3 Å². The third kappa shape index (κ3) is 4.35. The van der Waals surface area contributed by atoms with Crippen LogP contribution in [0.2, 0.25) is 0 Å². The molecule has 0 fully saturated rings. The molecule has 3 nitrogen and oxygen atoms in total. The summed E-state index contributed by atoms with van der Waals surface area (Å²) in [6, 6.07) is 18.7. The normalized spacial score (nSPS) is 10.5. The number of rotatable bonds is 6. The predicted octanol–water partition coefficient (Wildman–Crippen LogP) is 3.56. The Labute approximate surface area is 133 Å². The zero-order valence-corrected chi connectivity index (χ0v) is 13.5. The van der Waals surface area contributed by atoms with E-state index in [1.807, 2.05) is 57.3 Å². The molecule has 0 unspecified atom stereocenters. The molecule has 1 N–H and O–H groups in total. The molecule has 116 valence electrons. The molecular formula is C19H24N2O. The number of carbonyl (C=O) groups excluding carboxylic acids is 1. The Kier molecular flexibility index (Phi) is 5.59. The fraction of sp³-hybridized carbons (Fsp3) is 0.316. The average molecular weight is 296 g/mol. The molecule has 0 bridgehead atoms. The summed E-state index contributed by atoms with van der Waals surface area (Å²) in [6.07, 6.45) is 0.859. The molecule has 22 heavy (non-hydrogen) atoms. The molecule has 1 amide bonds. The zero-order chi connectivity index (χ0) is 15.9. The minimum Gasteiger partial charge on any atom is -0.376 e. The van der Waals surface area contributed by atoms with E-state index in [0.717, 1.165) is 12.1 Å². The van der Waals surface area contributed by atoms with Gasteiger partial charge in [-0.1, -0.05) is 48.5 Å². The summed E-state index contributed by atoms with van der Waals surface area (Å²) < 4.78 is 0. The van der Waals surface area contributed by atoms with Crippen molar-refractivity contribution >= 4 is 11.6 Å². The van der Waals surface area contributed by atoms with Crippen LogP contribution >= 0.6 is 0 Å². The van der Waals surface area contributed by atoms with E-state index in [2.05, 4.69) is 23.5 Å². The number of hydrogen-bond acceptors (Lipinski definition) is 2. The van der Waals surface area contributed by atoms with E-state index in [0.29, 0.717) is 6.54 Å². The van der Waals surface area contributed by atoms with Gasteiger partial charge in [0.15, 0.2) is 0 Å². The Bertz CT molecular complexity index is 608. The van der Waals surface area contributed by atoms with E-state index in [4.69, 9.17) is 0 Å². The molecule has 0 aliphatic carbocycles. The van der Waals surface area contributed by atoms with Crippen LogP contribution in [0.4, 0.5) is 5.69 Å². The van der Waals surface area contributed by atoms with Crippen LogP contribution in [0.3, 0.4) is 0 Å². The molecule has 2 aromatic rings. The Balaban J connectivity index is 2.04. The Morgan fingerprint density at radius 2 is 1.68 bits per heavy atom. The Morgan fingerprint density at radius 1 is 1.05 bits per heavy atom. The number of carbonyl (C=O) groups is 1. The van der Waals surface area contributed by atoms with E-state index in [-0.39, 0.29) is 11.9 Å². The van der Waals surface area contributed by atoms with E-state index in [1.165, 1.54) is 11.1 Å². The number of anilines is 1. The maximum absolute atomic E-state index is 12.1. The lowest BCUT2D eigenvalue weighted by molar-refractivity contribution is -0.129. The lowest BCUT2D eigenvalue weighted by Gasteiger charge is -2.22. The second-order valence-corrected chi connectivity index (χ2v) is 5.77. The van der Waals surface area contributed by atoms with Crippen molar-refractivity contribution in [2.75, 3.05) is 18.9 Å². The fourth-order valence-corrected chi connectivity index (χ4v) is 2.25. The van der Waals surface area contributed by atoms with E-state index < -0.39 is 0 Å². The quantitative estimate of drug-likeness (QED) is 0.884. The van der Waals surface area contributed by atoms with Crippen LogP contribution in [-0.2, 0) is 11.2 Å². The average Bonchev–Trinajstić information content (AvgIpc) is 2.54. The lowest BCUT2D eigenvalue weighted by Crippen LogP contribution is -2.37. The van der Waals surface area contributed by atoms with Crippen molar-refractivity contribution in [1.82, 2.24) is 4.90 Å². The minimum atomic E-state index is 0.101. The van der Waals surface area contributed by atoms with Gasteiger partial charge in [0.1, 0.15) is 0 Å². The van der Waals surface area contributed by atoms with Gasteiger partial charge in [0.25, 0.3) is 0 Å². The molecule has 0 saturated carbocycles. The second-order valence-electron chi connectivity index (χ2n) is 5.77. The minimum absolute atomic E-state index is 0.101. The van der Waals surface area contributed by atoms with Crippen molar-refractivity contribution in [3.63, 3.8) is 0 Å². The first-order chi connectivity index (χ1) is 10.6. The van der Waals surface area contributed by atoms with E-state index in [9.17, 15) is 4.79 Å². The van der Waals surface area contributed by atoms with Crippen LogP contribution in [0.1, 0.15) is 25.0 Å². The van der Waals surface area contributed by atoms with Gasteiger partial charge in [-0.2, -0.15) is 0 Å². The molecule has 0 aliphatic rings. The van der Waals surface area contributed by atoms with Crippen LogP contribution in [0.5, 0.6) is 0 Å². The highest BCUT2D eigenvalue weighted by Gasteiger charge is 2.12. The maximum atomic E-state index is 12.1. The molecule has 3 heteroatoms. The van der Waals surface area contributed by atoms with Crippen molar-refractivity contribution in [3.05, 3.63) is 65.7 Å². The Hall–Kier alpha value is -2.29. The molecule has 2 aromatic carbocycles. The van der Waals surface area contributed by atoms with Gasteiger partial charge in [0, 0.05) is 18.8 Å². The number of hydrogen-bond donors (Lipinski definition) is 1. The van der Waals surface area contributed by atoms with Gasteiger partial charge in [0.05, 0.1) is 6.54 Å². The monoisotopic (exact) mass is 296 g/mol. The highest BCUT2D eigenvalue weighted by Crippen LogP contribution is 2.19. The second kappa shape index (κ2) is 7.64. The number of nitrogens with zero attached hydrogens (tertiary/aromatic N) is 1. The van der Waals surface area contributed by atoms with Crippen molar-refractivity contribution in [3.8, 4) is 0 Å². The first kappa shape index (κ1) is 16.1. The standard InChI is InChI=1S/C19H24N2O/c1-15(2)21(3)19(22)14-20-18-12-8-7-11-17(18)13-16-9-5-4-6-10-16/h4-12,15,20H,13-14H2,1-3H3. The molecule has 2 rings (SSSR count). The molecule has 0 aliphatic heterocycles. The summed E-state index contributed by atoms with van der Waals surface area (Å²) in [5.74, 6) is 0.101. The van der Waals surface area contributed by atoms with Crippen molar-refractivity contribution in [2.24, 2.45) is 0 Å². The van der Waals surface area contributed by atoms with E-state index >= 15 is 0 Å². The maximum Gasteiger partial charge on any atom is 0.241 e. The number of para-hydroxylation sites is 1. The summed E-state index contributed by atoms with van der Waals surface area (Å²) >= 11 is 0.